The average Bonchev–Trinajstić information content (AvgIpc) is 3.44. The van der Waals surface area contributed by atoms with Crippen LogP contribution < -0.4 is 0 Å². The summed E-state index contributed by atoms with van der Waals surface area (Å²) in [4.78, 5) is 22.1. The van der Waals surface area contributed by atoms with E-state index >= 15 is 0 Å². The Hall–Kier alpha value is -3.44. The van der Waals surface area contributed by atoms with Crippen LogP contribution in [0.15, 0.2) is 84.6 Å². The molecule has 0 amide bonds. The summed E-state index contributed by atoms with van der Waals surface area (Å²) in [6, 6.07) is 29.1. The Kier molecular flexibility index (Phi) is 12.7. The van der Waals surface area contributed by atoms with Crippen LogP contribution in [-0.4, -0.2) is 20.9 Å². The van der Waals surface area contributed by atoms with Gasteiger partial charge in [0.1, 0.15) is 5.82 Å². The van der Waals surface area contributed by atoms with Gasteiger partial charge in [0.05, 0.1) is 11.3 Å². The van der Waals surface area contributed by atoms with Crippen molar-refractivity contribution in [2.24, 2.45) is 23.7 Å². The van der Waals surface area contributed by atoms with Gasteiger partial charge in [0, 0.05) is 64.4 Å². The Labute approximate surface area is 303 Å². The van der Waals surface area contributed by atoms with Crippen molar-refractivity contribution in [1.82, 2.24) is 9.97 Å². The number of hydrogen-bond donors (Lipinski definition) is 1. The van der Waals surface area contributed by atoms with Crippen molar-refractivity contribution in [3.63, 3.8) is 0 Å². The predicted molar refractivity (Wildman–Crippen MR) is 201 cm³/mol. The predicted octanol–water partition coefficient (Wildman–Crippen LogP) is 12.1. The van der Waals surface area contributed by atoms with E-state index in [9.17, 15) is 9.90 Å². The number of thiophene rings is 1. The number of aliphatic hydroxyl groups excluding tert-OH is 1. The fourth-order valence-corrected chi connectivity index (χ4v) is 7.75. The fraction of sp³-hybridized carbons (Fsp3) is 0.357. The summed E-state index contributed by atoms with van der Waals surface area (Å²) in [6.45, 7) is 16.6. The van der Waals surface area contributed by atoms with Crippen LogP contribution in [0.25, 0.3) is 53.1 Å². The van der Waals surface area contributed by atoms with Gasteiger partial charge in [-0.25, -0.2) is 4.98 Å². The van der Waals surface area contributed by atoms with Crippen LogP contribution in [-0.2, 0) is 24.9 Å². The first-order valence-corrected chi connectivity index (χ1v) is 17.8. The number of aromatic nitrogens is 2. The third kappa shape index (κ3) is 7.88. The maximum Gasteiger partial charge on any atom is 0.162 e. The Bertz CT molecular complexity index is 2060. The number of aliphatic hydroxyl groups is 1. The molecule has 0 saturated carbocycles. The van der Waals surface area contributed by atoms with Crippen LogP contribution in [0.3, 0.4) is 0 Å². The minimum atomic E-state index is 0. The molecule has 6 aromatic rings. The van der Waals surface area contributed by atoms with Crippen molar-refractivity contribution >= 4 is 59.0 Å². The molecular weight excluding hydrogens is 789 g/mol. The summed E-state index contributed by atoms with van der Waals surface area (Å²) < 4.78 is 2.41. The van der Waals surface area contributed by atoms with Gasteiger partial charge in [-0.15, -0.1) is 40.5 Å². The normalized spacial score (nSPS) is 13.3. The third-order valence-corrected chi connectivity index (χ3v) is 10.4. The number of carbonyl (C=O) groups is 1. The number of fused-ring (bicyclic) bond motifs is 6. The maximum absolute atomic E-state index is 12.0. The van der Waals surface area contributed by atoms with E-state index in [0.29, 0.717) is 11.8 Å². The van der Waals surface area contributed by atoms with Crippen LogP contribution in [0.2, 0.25) is 0 Å². The number of allylic oxidation sites excluding steroid dienone is 2. The molecule has 0 spiro atoms. The topological polar surface area (TPSA) is 63.1 Å². The van der Waals surface area contributed by atoms with E-state index in [2.05, 4.69) is 120 Å². The molecule has 0 aliphatic heterocycles. The molecule has 6 heteroatoms. The molecule has 1 radical (unpaired) electrons. The first-order chi connectivity index (χ1) is 22.5. The Morgan fingerprint density at radius 1 is 0.792 bits per heavy atom. The first-order valence-electron chi connectivity index (χ1n) is 17.0. The maximum atomic E-state index is 12.0. The zero-order chi connectivity index (χ0) is 33.8. The molecule has 1 N–H and O–H groups in total. The van der Waals surface area contributed by atoms with Gasteiger partial charge >= 0.3 is 0 Å². The minimum absolute atomic E-state index is 0. The fourth-order valence-electron chi connectivity index (χ4n) is 6.48. The average molecular weight is 836 g/mol. The molecular formula is C42H47IrN2O2S-. The van der Waals surface area contributed by atoms with Gasteiger partial charge in [-0.1, -0.05) is 121 Å². The molecule has 2 aromatic heterocycles. The summed E-state index contributed by atoms with van der Waals surface area (Å²) in [5.41, 5.74) is 3.06. The molecule has 0 saturated heterocycles. The second-order valence-electron chi connectivity index (χ2n) is 13.5. The minimum Gasteiger partial charge on any atom is -0.512 e. The first kappa shape index (κ1) is 37.4. The quantitative estimate of drug-likeness (QED) is 0.0895. The molecule has 4 aromatic carbocycles. The van der Waals surface area contributed by atoms with Crippen molar-refractivity contribution in [3.8, 4) is 11.3 Å². The SMILES string of the molecule is CC(C)c1nc(-c2[c-]cc3ccccc3c2)c2sc3c4ccccc4ccc3c2n1.CCC(C(=O)/C=C(\O)C(CC)C(C)C)C(C)C.[Ir]. The van der Waals surface area contributed by atoms with E-state index in [1.165, 1.54) is 37.7 Å². The van der Waals surface area contributed by atoms with E-state index in [1.54, 1.807) is 11.3 Å². The van der Waals surface area contributed by atoms with Gasteiger partial charge in [0.2, 0.25) is 0 Å². The van der Waals surface area contributed by atoms with Gasteiger partial charge < -0.3 is 5.11 Å². The summed E-state index contributed by atoms with van der Waals surface area (Å²) in [7, 11) is 0. The monoisotopic (exact) mass is 836 g/mol. The summed E-state index contributed by atoms with van der Waals surface area (Å²) in [5.74, 6) is 2.28. The molecule has 48 heavy (non-hydrogen) atoms. The third-order valence-electron chi connectivity index (χ3n) is 9.20. The number of carbonyl (C=O) groups excluding carboxylic acids is 1. The standard InChI is InChI=1S/C27H19N2S.C15H28O2.Ir/c1-16(2)27-28-23(20-12-11-17-7-3-4-9-19(17)15-20)26-24(29-27)22-14-13-18-8-5-6-10-21(18)25(22)30-26;1-7-12(10(3)4)14(16)9-15(17)13(8-2)11(5)6;/h3-11,13-16H,1-2H3;9-13,16H,7-8H2,1-6H3;/q-1;;/b;14-9-;. The molecule has 6 rings (SSSR count). The van der Waals surface area contributed by atoms with Gasteiger partial charge in [-0.05, 0) is 35.4 Å². The van der Waals surface area contributed by atoms with E-state index in [4.69, 9.17) is 9.97 Å². The van der Waals surface area contributed by atoms with Crippen LogP contribution >= 0.6 is 11.3 Å². The van der Waals surface area contributed by atoms with Gasteiger partial charge in [0.25, 0.3) is 0 Å². The Morgan fingerprint density at radius 3 is 2.04 bits per heavy atom. The molecule has 0 bridgehead atoms. The van der Waals surface area contributed by atoms with Crippen LogP contribution in [0.1, 0.15) is 80.0 Å². The van der Waals surface area contributed by atoms with Crippen molar-refractivity contribution in [2.45, 2.75) is 74.1 Å². The van der Waals surface area contributed by atoms with Crippen molar-refractivity contribution < 1.29 is 30.0 Å². The zero-order valence-corrected chi connectivity index (χ0v) is 32.5. The molecule has 0 aliphatic rings. The van der Waals surface area contributed by atoms with Crippen molar-refractivity contribution in [2.75, 3.05) is 0 Å². The smallest absolute Gasteiger partial charge is 0.162 e. The summed E-state index contributed by atoms with van der Waals surface area (Å²) >= 11 is 1.79. The van der Waals surface area contributed by atoms with Crippen LogP contribution in [0.4, 0.5) is 0 Å². The number of rotatable bonds is 9. The number of hydrogen-bond acceptors (Lipinski definition) is 5. The molecule has 0 aliphatic carbocycles. The molecule has 253 valence electrons. The van der Waals surface area contributed by atoms with Crippen LogP contribution in [0, 0.1) is 29.7 Å². The largest absolute Gasteiger partial charge is 0.512 e. The van der Waals surface area contributed by atoms with E-state index in [-0.39, 0.29) is 49.4 Å². The van der Waals surface area contributed by atoms with Gasteiger partial charge in [-0.3, -0.25) is 9.78 Å². The number of ketones is 1. The van der Waals surface area contributed by atoms with Crippen LogP contribution in [0.5, 0.6) is 0 Å². The van der Waals surface area contributed by atoms with Gasteiger partial charge in [0.15, 0.2) is 5.78 Å². The number of nitrogens with zero attached hydrogens (tertiary/aromatic N) is 2. The van der Waals surface area contributed by atoms with E-state index in [0.717, 1.165) is 40.1 Å². The second kappa shape index (κ2) is 16.3. The zero-order valence-electron chi connectivity index (χ0n) is 29.3. The molecule has 4 nitrogen and oxygen atoms in total. The van der Waals surface area contributed by atoms with Crippen molar-refractivity contribution in [1.29, 1.82) is 0 Å². The molecule has 2 heterocycles. The van der Waals surface area contributed by atoms with E-state index in [1.807, 2.05) is 13.8 Å². The Balaban J connectivity index is 0.000000251. The summed E-state index contributed by atoms with van der Waals surface area (Å²) in [5, 5.41) is 16.2. The molecule has 2 unspecified atom stereocenters. The second-order valence-corrected chi connectivity index (χ2v) is 14.5. The summed E-state index contributed by atoms with van der Waals surface area (Å²) in [6.07, 6.45) is 3.16. The number of benzene rings is 4. The molecule has 0 fully saturated rings. The van der Waals surface area contributed by atoms with Gasteiger partial charge in [-0.2, -0.15) is 0 Å². The van der Waals surface area contributed by atoms with E-state index < -0.39 is 0 Å². The van der Waals surface area contributed by atoms with Crippen molar-refractivity contribution in [3.05, 3.63) is 96.5 Å². The Morgan fingerprint density at radius 2 is 1.42 bits per heavy atom. The molecule has 2 atom stereocenters.